The molecule has 0 spiro atoms. The van der Waals surface area contributed by atoms with Crippen LogP contribution in [0.4, 0.5) is 11.6 Å². The first kappa shape index (κ1) is 17.7. The van der Waals surface area contributed by atoms with Gasteiger partial charge in [-0.3, -0.25) is 0 Å². The normalized spacial score (nSPS) is 11.8. The molecule has 1 heterocycles. The van der Waals surface area contributed by atoms with Gasteiger partial charge in [0.25, 0.3) is 0 Å². The maximum Gasteiger partial charge on any atom is 0.138 e. The largest absolute Gasteiger partial charge is 0.373 e. The monoisotopic (exact) mass is 292 g/mol. The fourth-order valence-electron chi connectivity index (χ4n) is 2.21. The van der Waals surface area contributed by atoms with Gasteiger partial charge in [0.1, 0.15) is 17.5 Å². The van der Waals surface area contributed by atoms with Gasteiger partial charge in [-0.15, -0.1) is 0 Å². The van der Waals surface area contributed by atoms with Gasteiger partial charge in [-0.25, -0.2) is 9.97 Å². The minimum Gasteiger partial charge on any atom is -0.373 e. The molecule has 21 heavy (non-hydrogen) atoms. The Morgan fingerprint density at radius 1 is 1.19 bits per heavy atom. The third-order valence-corrected chi connectivity index (χ3v) is 3.56. The molecule has 1 aromatic rings. The SMILES string of the molecule is CCCCCN(c1cc(NC)nc(C(C)(C)C)n1)C(C)C. The summed E-state index contributed by atoms with van der Waals surface area (Å²) in [5.41, 5.74) is -0.0479. The lowest BCUT2D eigenvalue weighted by Crippen LogP contribution is -2.33. The van der Waals surface area contributed by atoms with Crippen LogP contribution in [0.15, 0.2) is 6.07 Å². The first-order valence-electron chi connectivity index (χ1n) is 8.13. The summed E-state index contributed by atoms with van der Waals surface area (Å²) >= 11 is 0. The molecule has 1 aromatic heterocycles. The van der Waals surface area contributed by atoms with E-state index in [0.29, 0.717) is 6.04 Å². The Kier molecular flexibility index (Phi) is 6.43. The summed E-state index contributed by atoms with van der Waals surface area (Å²) in [6.07, 6.45) is 3.71. The Hall–Kier alpha value is -1.32. The number of unbranched alkanes of at least 4 members (excludes halogenated alkanes) is 2. The van der Waals surface area contributed by atoms with Crippen LogP contribution in [-0.2, 0) is 5.41 Å². The molecule has 0 unspecified atom stereocenters. The number of rotatable bonds is 7. The van der Waals surface area contributed by atoms with Crippen LogP contribution in [0.3, 0.4) is 0 Å². The Bertz CT molecular complexity index is 435. The van der Waals surface area contributed by atoms with Gasteiger partial charge < -0.3 is 10.2 Å². The Morgan fingerprint density at radius 3 is 2.33 bits per heavy atom. The highest BCUT2D eigenvalue weighted by Crippen LogP contribution is 2.25. The lowest BCUT2D eigenvalue weighted by atomic mass is 9.95. The van der Waals surface area contributed by atoms with Crippen LogP contribution >= 0.6 is 0 Å². The highest BCUT2D eigenvalue weighted by molar-refractivity contribution is 5.50. The molecule has 4 heteroatoms. The quantitative estimate of drug-likeness (QED) is 0.764. The van der Waals surface area contributed by atoms with Gasteiger partial charge in [-0.1, -0.05) is 40.5 Å². The van der Waals surface area contributed by atoms with Crippen LogP contribution in [0, 0.1) is 0 Å². The maximum atomic E-state index is 4.83. The van der Waals surface area contributed by atoms with E-state index in [2.05, 4.69) is 62.8 Å². The molecule has 0 aliphatic rings. The number of aromatic nitrogens is 2. The summed E-state index contributed by atoms with van der Waals surface area (Å²) in [7, 11) is 1.91. The van der Waals surface area contributed by atoms with Crippen LogP contribution in [0.5, 0.6) is 0 Å². The Morgan fingerprint density at radius 2 is 1.86 bits per heavy atom. The lowest BCUT2D eigenvalue weighted by Gasteiger charge is -2.29. The predicted octanol–water partition coefficient (Wildman–Crippen LogP) is 4.22. The van der Waals surface area contributed by atoms with Crippen molar-refractivity contribution < 1.29 is 0 Å². The number of nitrogens with one attached hydrogen (secondary N) is 1. The summed E-state index contributed by atoms with van der Waals surface area (Å²) < 4.78 is 0. The Labute approximate surface area is 130 Å². The van der Waals surface area contributed by atoms with E-state index >= 15 is 0 Å². The summed E-state index contributed by atoms with van der Waals surface area (Å²) in [6, 6.07) is 2.50. The molecular weight excluding hydrogens is 260 g/mol. The van der Waals surface area contributed by atoms with Crippen molar-refractivity contribution in [1.82, 2.24) is 9.97 Å². The van der Waals surface area contributed by atoms with Crippen molar-refractivity contribution in [3.8, 4) is 0 Å². The first-order valence-corrected chi connectivity index (χ1v) is 8.13. The first-order chi connectivity index (χ1) is 9.79. The van der Waals surface area contributed by atoms with Gasteiger partial charge in [-0.2, -0.15) is 0 Å². The van der Waals surface area contributed by atoms with Crippen molar-refractivity contribution in [3.63, 3.8) is 0 Å². The molecule has 0 saturated carbocycles. The van der Waals surface area contributed by atoms with Crippen molar-refractivity contribution in [2.24, 2.45) is 0 Å². The van der Waals surface area contributed by atoms with Gasteiger partial charge in [-0.05, 0) is 20.3 Å². The molecule has 0 bridgehead atoms. The smallest absolute Gasteiger partial charge is 0.138 e. The molecule has 0 saturated heterocycles. The zero-order valence-electron chi connectivity index (χ0n) is 14.8. The number of hydrogen-bond donors (Lipinski definition) is 1. The molecule has 0 aliphatic carbocycles. The highest BCUT2D eigenvalue weighted by Gasteiger charge is 2.21. The minimum atomic E-state index is -0.0479. The highest BCUT2D eigenvalue weighted by atomic mass is 15.2. The molecule has 1 rings (SSSR count). The molecule has 0 amide bonds. The fourth-order valence-corrected chi connectivity index (χ4v) is 2.21. The number of anilines is 2. The van der Waals surface area contributed by atoms with E-state index in [0.717, 1.165) is 24.0 Å². The van der Waals surface area contributed by atoms with Gasteiger partial charge in [0.2, 0.25) is 0 Å². The fraction of sp³-hybridized carbons (Fsp3) is 0.765. The van der Waals surface area contributed by atoms with Crippen molar-refractivity contribution in [3.05, 3.63) is 11.9 Å². The summed E-state index contributed by atoms with van der Waals surface area (Å²) in [4.78, 5) is 11.8. The average molecular weight is 292 g/mol. The molecular formula is C17H32N4. The number of nitrogens with zero attached hydrogens (tertiary/aromatic N) is 3. The van der Waals surface area contributed by atoms with Crippen LogP contribution < -0.4 is 10.2 Å². The lowest BCUT2D eigenvalue weighted by molar-refractivity contribution is 0.541. The molecule has 0 radical (unpaired) electrons. The van der Waals surface area contributed by atoms with Gasteiger partial charge in [0.05, 0.1) is 0 Å². The molecule has 0 atom stereocenters. The van der Waals surface area contributed by atoms with Crippen molar-refractivity contribution in [2.45, 2.75) is 72.3 Å². The van der Waals surface area contributed by atoms with E-state index in [1.54, 1.807) is 0 Å². The molecule has 1 N–H and O–H groups in total. The molecule has 4 nitrogen and oxygen atoms in total. The molecule has 0 aromatic carbocycles. The van der Waals surface area contributed by atoms with Gasteiger partial charge in [0.15, 0.2) is 0 Å². The maximum absolute atomic E-state index is 4.83. The Balaban J connectivity index is 3.11. The topological polar surface area (TPSA) is 41.0 Å². The van der Waals surface area contributed by atoms with Crippen LogP contribution in [0.1, 0.15) is 66.6 Å². The van der Waals surface area contributed by atoms with Crippen LogP contribution in [-0.4, -0.2) is 29.6 Å². The van der Waals surface area contributed by atoms with E-state index in [1.807, 2.05) is 7.05 Å². The average Bonchev–Trinajstić information content (AvgIpc) is 2.41. The predicted molar refractivity (Wildman–Crippen MR) is 92.3 cm³/mol. The second-order valence-electron chi connectivity index (χ2n) is 6.93. The van der Waals surface area contributed by atoms with Crippen LogP contribution in [0.25, 0.3) is 0 Å². The number of hydrogen-bond acceptors (Lipinski definition) is 4. The third-order valence-electron chi connectivity index (χ3n) is 3.56. The van der Waals surface area contributed by atoms with E-state index in [-0.39, 0.29) is 5.41 Å². The molecule has 0 aliphatic heterocycles. The second-order valence-corrected chi connectivity index (χ2v) is 6.93. The van der Waals surface area contributed by atoms with Crippen molar-refractivity contribution >= 4 is 11.6 Å². The van der Waals surface area contributed by atoms with Crippen molar-refractivity contribution in [2.75, 3.05) is 23.8 Å². The molecule has 120 valence electrons. The van der Waals surface area contributed by atoms with E-state index in [9.17, 15) is 0 Å². The second kappa shape index (κ2) is 7.62. The molecule has 0 fully saturated rings. The standard InChI is InChI=1S/C17H32N4/c1-8-9-10-11-21(13(2)3)15-12-14(18-7)19-16(20-15)17(4,5)6/h12-13H,8-11H2,1-7H3,(H,18,19,20). The van der Waals surface area contributed by atoms with E-state index < -0.39 is 0 Å². The zero-order chi connectivity index (χ0) is 16.0. The summed E-state index contributed by atoms with van der Waals surface area (Å²) in [5.74, 6) is 2.82. The third kappa shape index (κ3) is 5.18. The van der Waals surface area contributed by atoms with Gasteiger partial charge in [0, 0.05) is 31.1 Å². The summed E-state index contributed by atoms with van der Waals surface area (Å²) in [6.45, 7) is 14.2. The van der Waals surface area contributed by atoms with E-state index in [4.69, 9.17) is 4.98 Å². The van der Waals surface area contributed by atoms with E-state index in [1.165, 1.54) is 19.3 Å². The minimum absolute atomic E-state index is 0.0479. The zero-order valence-corrected chi connectivity index (χ0v) is 14.8. The summed E-state index contributed by atoms with van der Waals surface area (Å²) in [5, 5.41) is 3.16. The van der Waals surface area contributed by atoms with Gasteiger partial charge >= 0.3 is 0 Å². The van der Waals surface area contributed by atoms with Crippen molar-refractivity contribution in [1.29, 1.82) is 0 Å². The van der Waals surface area contributed by atoms with Crippen LogP contribution in [0.2, 0.25) is 0 Å².